The van der Waals surface area contributed by atoms with Crippen molar-refractivity contribution in [2.75, 3.05) is 0 Å². The Morgan fingerprint density at radius 1 is 1.06 bits per heavy atom. The second kappa shape index (κ2) is 5.49. The molecule has 0 heterocycles. The number of hydrogen-bond acceptors (Lipinski definition) is 1. The van der Waals surface area contributed by atoms with Crippen LogP contribution in [0.2, 0.25) is 0 Å². The van der Waals surface area contributed by atoms with E-state index in [2.05, 4.69) is 15.9 Å². The first kappa shape index (κ1) is 13.0. The summed E-state index contributed by atoms with van der Waals surface area (Å²) in [4.78, 5) is 12.1. The van der Waals surface area contributed by atoms with Gasteiger partial charge in [0.2, 0.25) is 0 Å². The van der Waals surface area contributed by atoms with E-state index in [-0.39, 0.29) is 5.78 Å². The van der Waals surface area contributed by atoms with Crippen molar-refractivity contribution in [2.24, 2.45) is 0 Å². The fourth-order valence-corrected chi connectivity index (χ4v) is 2.06. The van der Waals surface area contributed by atoms with Crippen LogP contribution in [0.5, 0.6) is 0 Å². The first-order valence-electron chi connectivity index (χ1n) is 5.91. The number of rotatable bonds is 3. The molecule has 0 spiro atoms. The molecule has 0 unspecified atom stereocenters. The minimum Gasteiger partial charge on any atom is -0.294 e. The third-order valence-corrected chi connectivity index (χ3v) is 3.85. The molecule has 0 aliphatic heterocycles. The largest absolute Gasteiger partial charge is 0.294 e. The van der Waals surface area contributed by atoms with Gasteiger partial charge in [-0.25, -0.2) is 0 Å². The van der Waals surface area contributed by atoms with Crippen LogP contribution in [0.4, 0.5) is 0 Å². The molecule has 0 N–H and O–H groups in total. The molecule has 0 radical (unpaired) electrons. The van der Waals surface area contributed by atoms with Crippen LogP contribution in [0.15, 0.2) is 46.9 Å². The van der Waals surface area contributed by atoms with Crippen molar-refractivity contribution in [1.29, 1.82) is 0 Å². The quantitative estimate of drug-likeness (QED) is 0.763. The average Bonchev–Trinajstić information content (AvgIpc) is 2.35. The topological polar surface area (TPSA) is 17.1 Å². The summed E-state index contributed by atoms with van der Waals surface area (Å²) in [6.45, 7) is 4.04. The molecule has 0 atom stereocenters. The Hall–Kier alpha value is -1.41. The van der Waals surface area contributed by atoms with Crippen LogP contribution in [0.1, 0.15) is 27.0 Å². The fourth-order valence-electron chi connectivity index (χ4n) is 1.81. The second-order valence-corrected chi connectivity index (χ2v) is 5.40. The zero-order chi connectivity index (χ0) is 13.1. The number of carbonyl (C=O) groups excluding carboxylic acids is 1. The summed E-state index contributed by atoms with van der Waals surface area (Å²) in [5.74, 6) is 0.162. The molecule has 0 saturated heterocycles. The first-order valence-corrected chi connectivity index (χ1v) is 6.70. The highest BCUT2D eigenvalue weighted by atomic mass is 79.9. The van der Waals surface area contributed by atoms with Gasteiger partial charge in [-0.1, -0.05) is 51.8 Å². The summed E-state index contributed by atoms with van der Waals surface area (Å²) in [6.07, 6.45) is 0.460. The second-order valence-electron chi connectivity index (χ2n) is 4.55. The number of hydrogen-bond donors (Lipinski definition) is 0. The van der Waals surface area contributed by atoms with Crippen LogP contribution in [0.3, 0.4) is 0 Å². The van der Waals surface area contributed by atoms with Crippen LogP contribution in [-0.4, -0.2) is 5.78 Å². The minimum absolute atomic E-state index is 0.162. The first-order chi connectivity index (χ1) is 8.56. The van der Waals surface area contributed by atoms with Crippen LogP contribution in [0, 0.1) is 13.8 Å². The third-order valence-electron chi connectivity index (χ3n) is 2.97. The molecule has 0 aromatic heterocycles. The monoisotopic (exact) mass is 302 g/mol. The molecule has 0 bridgehead atoms. The molecule has 18 heavy (non-hydrogen) atoms. The van der Waals surface area contributed by atoms with Crippen molar-refractivity contribution in [3.8, 4) is 0 Å². The summed E-state index contributed by atoms with van der Waals surface area (Å²) < 4.78 is 1.04. The molecule has 1 nitrogen and oxygen atoms in total. The highest BCUT2D eigenvalue weighted by molar-refractivity contribution is 9.10. The van der Waals surface area contributed by atoms with Gasteiger partial charge in [0.25, 0.3) is 0 Å². The average molecular weight is 303 g/mol. The highest BCUT2D eigenvalue weighted by Crippen LogP contribution is 2.18. The Morgan fingerprint density at radius 2 is 1.72 bits per heavy atom. The molecule has 2 heteroatoms. The maximum atomic E-state index is 12.1. The molecular formula is C16H15BrO. The van der Waals surface area contributed by atoms with Crippen molar-refractivity contribution < 1.29 is 4.79 Å². The maximum absolute atomic E-state index is 12.1. The molecular weight excluding hydrogens is 288 g/mol. The zero-order valence-electron chi connectivity index (χ0n) is 10.5. The van der Waals surface area contributed by atoms with Crippen molar-refractivity contribution in [1.82, 2.24) is 0 Å². The van der Waals surface area contributed by atoms with E-state index in [1.165, 1.54) is 5.56 Å². The highest BCUT2D eigenvalue weighted by Gasteiger charge is 2.08. The predicted octanol–water partition coefficient (Wildman–Crippen LogP) is 4.49. The number of carbonyl (C=O) groups is 1. The van der Waals surface area contributed by atoms with Crippen LogP contribution >= 0.6 is 15.9 Å². The molecule has 0 aliphatic rings. The molecule has 92 valence electrons. The van der Waals surface area contributed by atoms with Gasteiger partial charge in [0.1, 0.15) is 0 Å². The van der Waals surface area contributed by atoms with Gasteiger partial charge < -0.3 is 0 Å². The van der Waals surface area contributed by atoms with E-state index >= 15 is 0 Å². The molecule has 0 amide bonds. The molecule has 2 aromatic carbocycles. The van der Waals surface area contributed by atoms with Gasteiger partial charge in [-0.3, -0.25) is 4.79 Å². The van der Waals surface area contributed by atoms with E-state index in [9.17, 15) is 4.79 Å². The third kappa shape index (κ3) is 3.08. The number of Topliss-reactive ketones (excluding diaryl/α,β-unsaturated/α-hetero) is 1. The van der Waals surface area contributed by atoms with E-state index in [1.54, 1.807) is 0 Å². The van der Waals surface area contributed by atoms with Gasteiger partial charge in [-0.05, 0) is 37.1 Å². The Kier molecular flexibility index (Phi) is 3.97. The van der Waals surface area contributed by atoms with Crippen LogP contribution in [-0.2, 0) is 6.42 Å². The zero-order valence-corrected chi connectivity index (χ0v) is 12.1. The van der Waals surface area contributed by atoms with Crippen molar-refractivity contribution >= 4 is 21.7 Å². The standard InChI is InChI=1S/C16H15BrO/c1-11-3-5-13(6-4-11)10-16(18)14-7-8-15(17)12(2)9-14/h3-9H,10H2,1-2H3. The van der Waals surface area contributed by atoms with Gasteiger partial charge in [0.15, 0.2) is 5.78 Å². The minimum atomic E-state index is 0.162. The number of benzene rings is 2. The summed E-state index contributed by atoms with van der Waals surface area (Å²) in [5.41, 5.74) is 4.14. The number of halogens is 1. The van der Waals surface area contributed by atoms with E-state index in [0.29, 0.717) is 6.42 Å². The number of ketones is 1. The predicted molar refractivity (Wildman–Crippen MR) is 78.1 cm³/mol. The van der Waals surface area contributed by atoms with Gasteiger partial charge in [0, 0.05) is 16.5 Å². The SMILES string of the molecule is Cc1ccc(CC(=O)c2ccc(Br)c(C)c2)cc1. The molecule has 0 aliphatic carbocycles. The normalized spacial score (nSPS) is 10.4. The molecule has 0 fully saturated rings. The fraction of sp³-hybridized carbons (Fsp3) is 0.188. The van der Waals surface area contributed by atoms with Gasteiger partial charge in [-0.2, -0.15) is 0 Å². The summed E-state index contributed by atoms with van der Waals surface area (Å²) in [6, 6.07) is 13.8. The van der Waals surface area contributed by atoms with E-state index in [1.807, 2.05) is 56.3 Å². The lowest BCUT2D eigenvalue weighted by Gasteiger charge is -2.04. The van der Waals surface area contributed by atoms with Crippen molar-refractivity contribution in [3.05, 3.63) is 69.2 Å². The van der Waals surface area contributed by atoms with Crippen molar-refractivity contribution in [3.63, 3.8) is 0 Å². The molecule has 0 saturated carbocycles. The van der Waals surface area contributed by atoms with E-state index < -0.39 is 0 Å². The van der Waals surface area contributed by atoms with Crippen LogP contribution in [0.25, 0.3) is 0 Å². The summed E-state index contributed by atoms with van der Waals surface area (Å²) >= 11 is 3.44. The Bertz CT molecular complexity index is 570. The lowest BCUT2D eigenvalue weighted by atomic mass is 10.0. The smallest absolute Gasteiger partial charge is 0.167 e. The van der Waals surface area contributed by atoms with Crippen molar-refractivity contribution in [2.45, 2.75) is 20.3 Å². The van der Waals surface area contributed by atoms with Gasteiger partial charge >= 0.3 is 0 Å². The van der Waals surface area contributed by atoms with E-state index in [4.69, 9.17) is 0 Å². The number of aryl methyl sites for hydroxylation is 2. The summed E-state index contributed by atoms with van der Waals surface area (Å²) in [5, 5.41) is 0. The Balaban J connectivity index is 2.16. The molecule has 2 rings (SSSR count). The maximum Gasteiger partial charge on any atom is 0.167 e. The van der Waals surface area contributed by atoms with E-state index in [0.717, 1.165) is 21.2 Å². The lowest BCUT2D eigenvalue weighted by Crippen LogP contribution is -2.03. The lowest BCUT2D eigenvalue weighted by molar-refractivity contribution is 0.0993. The Morgan fingerprint density at radius 3 is 2.33 bits per heavy atom. The molecule has 2 aromatic rings. The van der Waals surface area contributed by atoms with Gasteiger partial charge in [-0.15, -0.1) is 0 Å². The Labute approximate surface area is 116 Å². The van der Waals surface area contributed by atoms with Gasteiger partial charge in [0.05, 0.1) is 0 Å². The summed E-state index contributed by atoms with van der Waals surface area (Å²) in [7, 11) is 0. The van der Waals surface area contributed by atoms with Crippen LogP contribution < -0.4 is 0 Å².